The van der Waals surface area contributed by atoms with Crippen LogP contribution in [0.1, 0.15) is 18.4 Å². The molecular weight excluding hydrogens is 239 g/mol. The minimum atomic E-state index is -0.358. The zero-order chi connectivity index (χ0) is 12.4. The quantitative estimate of drug-likeness (QED) is 0.898. The van der Waals surface area contributed by atoms with Crippen molar-refractivity contribution in [2.45, 2.75) is 25.4 Å². The molecule has 17 heavy (non-hydrogen) atoms. The maximum absolute atomic E-state index is 13.0. The smallest absolute Gasteiger partial charge is 0.141 e. The van der Waals surface area contributed by atoms with Crippen LogP contribution in [-0.4, -0.2) is 24.5 Å². The Kier molecular flexibility index (Phi) is 4.02. The zero-order valence-corrected chi connectivity index (χ0v) is 10.8. The van der Waals surface area contributed by atoms with Crippen molar-refractivity contribution in [2.24, 2.45) is 11.7 Å². The molecule has 2 N–H and O–H groups in total. The molecule has 0 atom stereocenters. The second-order valence-corrected chi connectivity index (χ2v) is 5.45. The van der Waals surface area contributed by atoms with Gasteiger partial charge in [0.1, 0.15) is 5.82 Å². The Bertz CT molecular complexity index is 391. The molecule has 1 aromatic carbocycles. The molecule has 0 unspecified atom stereocenters. The van der Waals surface area contributed by atoms with Crippen LogP contribution in [0.5, 0.6) is 0 Å². The normalized spacial score (nSPS) is 23.8. The average Bonchev–Trinajstić information content (AvgIpc) is 2.21. The van der Waals surface area contributed by atoms with E-state index < -0.39 is 0 Å². The van der Waals surface area contributed by atoms with E-state index >= 15 is 0 Å². The van der Waals surface area contributed by atoms with Gasteiger partial charge in [0, 0.05) is 19.1 Å². The molecule has 1 fully saturated rings. The van der Waals surface area contributed by atoms with Crippen molar-refractivity contribution in [3.05, 3.63) is 34.6 Å². The number of hydrogen-bond acceptors (Lipinski definition) is 2. The van der Waals surface area contributed by atoms with E-state index in [0.717, 1.165) is 31.5 Å². The van der Waals surface area contributed by atoms with E-state index in [0.29, 0.717) is 12.0 Å². The maximum Gasteiger partial charge on any atom is 0.141 e. The molecule has 0 spiro atoms. The lowest BCUT2D eigenvalue weighted by Crippen LogP contribution is -2.41. The van der Waals surface area contributed by atoms with Gasteiger partial charge in [0.25, 0.3) is 0 Å². The minimum Gasteiger partial charge on any atom is -0.328 e. The van der Waals surface area contributed by atoms with Gasteiger partial charge in [-0.1, -0.05) is 17.7 Å². The van der Waals surface area contributed by atoms with Crippen LogP contribution in [-0.2, 0) is 6.54 Å². The monoisotopic (exact) mass is 256 g/mol. The van der Waals surface area contributed by atoms with Crippen LogP contribution in [0.3, 0.4) is 0 Å². The van der Waals surface area contributed by atoms with Gasteiger partial charge in [-0.25, -0.2) is 4.39 Å². The van der Waals surface area contributed by atoms with E-state index in [4.69, 9.17) is 17.3 Å². The summed E-state index contributed by atoms with van der Waals surface area (Å²) >= 11 is 5.75. The molecule has 1 aliphatic rings. The van der Waals surface area contributed by atoms with E-state index in [9.17, 15) is 4.39 Å². The number of nitrogens with two attached hydrogens (primary N) is 1. The summed E-state index contributed by atoms with van der Waals surface area (Å²) in [6.45, 7) is 1.84. The Morgan fingerprint density at radius 1 is 1.47 bits per heavy atom. The number of benzene rings is 1. The summed E-state index contributed by atoms with van der Waals surface area (Å²) in [6, 6.07) is 5.29. The number of rotatable bonds is 4. The van der Waals surface area contributed by atoms with Crippen LogP contribution in [0.15, 0.2) is 18.2 Å². The molecule has 0 amide bonds. The molecule has 2 nitrogen and oxygen atoms in total. The van der Waals surface area contributed by atoms with Gasteiger partial charge in [-0.05, 0) is 43.5 Å². The molecular formula is C13H18ClFN2. The molecule has 0 bridgehead atoms. The van der Waals surface area contributed by atoms with Crippen LogP contribution in [0.2, 0.25) is 5.02 Å². The van der Waals surface area contributed by atoms with E-state index in [1.807, 2.05) is 0 Å². The molecule has 0 aliphatic heterocycles. The highest BCUT2D eigenvalue weighted by Crippen LogP contribution is 2.26. The van der Waals surface area contributed by atoms with Crippen molar-refractivity contribution in [1.82, 2.24) is 4.90 Å². The van der Waals surface area contributed by atoms with Gasteiger partial charge in [-0.15, -0.1) is 0 Å². The summed E-state index contributed by atoms with van der Waals surface area (Å²) in [4.78, 5) is 2.24. The van der Waals surface area contributed by atoms with Gasteiger partial charge in [0.2, 0.25) is 0 Å². The number of nitrogens with zero attached hydrogens (tertiary/aromatic N) is 1. The molecule has 1 aromatic rings. The van der Waals surface area contributed by atoms with E-state index in [1.54, 1.807) is 12.1 Å². The average molecular weight is 257 g/mol. The maximum atomic E-state index is 13.0. The van der Waals surface area contributed by atoms with Crippen molar-refractivity contribution in [2.75, 3.05) is 13.6 Å². The van der Waals surface area contributed by atoms with Crippen LogP contribution >= 0.6 is 11.6 Å². The fraction of sp³-hybridized carbons (Fsp3) is 0.538. The van der Waals surface area contributed by atoms with Crippen molar-refractivity contribution in [1.29, 1.82) is 0 Å². The molecule has 0 saturated heterocycles. The molecule has 1 aliphatic carbocycles. The molecule has 0 aromatic heterocycles. The Hall–Kier alpha value is -0.640. The molecule has 0 radical (unpaired) electrons. The molecule has 4 heteroatoms. The molecule has 1 saturated carbocycles. The fourth-order valence-corrected chi connectivity index (χ4v) is 2.59. The van der Waals surface area contributed by atoms with Gasteiger partial charge in [-0.2, -0.15) is 0 Å². The molecule has 94 valence electrons. The van der Waals surface area contributed by atoms with Crippen LogP contribution in [0.4, 0.5) is 4.39 Å². The third-order valence-corrected chi connectivity index (χ3v) is 3.57. The summed E-state index contributed by atoms with van der Waals surface area (Å²) in [7, 11) is 2.07. The van der Waals surface area contributed by atoms with Crippen molar-refractivity contribution in [3.63, 3.8) is 0 Å². The molecule has 0 heterocycles. The Morgan fingerprint density at radius 2 is 2.18 bits per heavy atom. The van der Waals surface area contributed by atoms with E-state index in [-0.39, 0.29) is 10.8 Å². The summed E-state index contributed by atoms with van der Waals surface area (Å²) in [5.74, 6) is 0.356. The van der Waals surface area contributed by atoms with Crippen LogP contribution < -0.4 is 5.73 Å². The number of halogens is 2. The minimum absolute atomic E-state index is 0.196. The predicted molar refractivity (Wildman–Crippen MR) is 68.4 cm³/mol. The first kappa shape index (κ1) is 12.8. The van der Waals surface area contributed by atoms with Gasteiger partial charge in [0.15, 0.2) is 0 Å². The largest absolute Gasteiger partial charge is 0.328 e. The van der Waals surface area contributed by atoms with Crippen molar-refractivity contribution < 1.29 is 4.39 Å². The predicted octanol–water partition coefficient (Wildman–Crippen LogP) is 2.65. The SMILES string of the molecule is CN(Cc1ccc(F)c(Cl)c1)CC1CC(N)C1. The van der Waals surface area contributed by atoms with Gasteiger partial charge < -0.3 is 10.6 Å². The standard InChI is InChI=1S/C13H18ClFN2/c1-17(8-10-4-11(16)5-10)7-9-2-3-13(15)12(14)6-9/h2-3,6,10-11H,4-5,7-8,16H2,1H3. The Labute approximate surface area is 107 Å². The highest BCUT2D eigenvalue weighted by atomic mass is 35.5. The van der Waals surface area contributed by atoms with Crippen molar-refractivity contribution >= 4 is 11.6 Å². The van der Waals surface area contributed by atoms with Gasteiger partial charge >= 0.3 is 0 Å². The lowest BCUT2D eigenvalue weighted by molar-refractivity contribution is 0.178. The molecule has 2 rings (SSSR count). The van der Waals surface area contributed by atoms with Crippen LogP contribution in [0.25, 0.3) is 0 Å². The van der Waals surface area contributed by atoms with E-state index in [2.05, 4.69) is 11.9 Å². The summed E-state index contributed by atoms with van der Waals surface area (Å²) in [5.41, 5.74) is 6.80. The first-order chi connectivity index (χ1) is 8.04. The first-order valence-electron chi connectivity index (χ1n) is 5.92. The lowest BCUT2D eigenvalue weighted by Gasteiger charge is -2.35. The topological polar surface area (TPSA) is 29.3 Å². The van der Waals surface area contributed by atoms with Crippen LogP contribution in [0, 0.1) is 11.7 Å². The summed E-state index contributed by atoms with van der Waals surface area (Å²) in [5, 5.41) is 0.196. The summed E-state index contributed by atoms with van der Waals surface area (Å²) < 4.78 is 13.0. The summed E-state index contributed by atoms with van der Waals surface area (Å²) in [6.07, 6.45) is 2.24. The Morgan fingerprint density at radius 3 is 2.76 bits per heavy atom. The highest BCUT2D eigenvalue weighted by Gasteiger charge is 2.26. The van der Waals surface area contributed by atoms with Gasteiger partial charge in [0.05, 0.1) is 5.02 Å². The third kappa shape index (κ3) is 3.41. The lowest BCUT2D eigenvalue weighted by atomic mass is 9.80. The Balaban J connectivity index is 1.85. The second-order valence-electron chi connectivity index (χ2n) is 5.04. The highest BCUT2D eigenvalue weighted by molar-refractivity contribution is 6.30. The second kappa shape index (κ2) is 5.34. The zero-order valence-electron chi connectivity index (χ0n) is 10.00. The fourth-order valence-electron chi connectivity index (χ4n) is 2.39. The van der Waals surface area contributed by atoms with Gasteiger partial charge in [-0.3, -0.25) is 0 Å². The van der Waals surface area contributed by atoms with E-state index in [1.165, 1.54) is 6.07 Å². The first-order valence-corrected chi connectivity index (χ1v) is 6.30. The third-order valence-electron chi connectivity index (χ3n) is 3.28. The van der Waals surface area contributed by atoms with Crippen molar-refractivity contribution in [3.8, 4) is 0 Å². The number of hydrogen-bond donors (Lipinski definition) is 1.